The van der Waals surface area contributed by atoms with Crippen molar-refractivity contribution in [2.24, 2.45) is 0 Å². The molecule has 2 aromatic rings. The van der Waals surface area contributed by atoms with Crippen LogP contribution in [0.1, 0.15) is 35.7 Å². The molecule has 19 heavy (non-hydrogen) atoms. The maximum Gasteiger partial charge on any atom is 0.0663 e. The van der Waals surface area contributed by atoms with Gasteiger partial charge in [-0.1, -0.05) is 25.1 Å². The Morgan fingerprint density at radius 3 is 3.00 bits per heavy atom. The first kappa shape index (κ1) is 12.4. The average molecular weight is 255 g/mol. The van der Waals surface area contributed by atoms with Gasteiger partial charge in [-0.05, 0) is 48.6 Å². The van der Waals surface area contributed by atoms with Crippen LogP contribution in [-0.2, 0) is 25.9 Å². The Morgan fingerprint density at radius 2 is 2.11 bits per heavy atom. The highest BCUT2D eigenvalue weighted by molar-refractivity contribution is 5.35. The molecule has 0 aliphatic heterocycles. The van der Waals surface area contributed by atoms with Gasteiger partial charge in [-0.3, -0.25) is 4.68 Å². The van der Waals surface area contributed by atoms with Crippen LogP contribution in [0.3, 0.4) is 0 Å². The predicted molar refractivity (Wildman–Crippen MR) is 77.2 cm³/mol. The van der Waals surface area contributed by atoms with Gasteiger partial charge in [0.25, 0.3) is 0 Å². The van der Waals surface area contributed by atoms with E-state index in [1.165, 1.54) is 41.6 Å². The molecule has 0 amide bonds. The van der Waals surface area contributed by atoms with E-state index in [1.807, 2.05) is 6.20 Å². The standard InChI is InChI=1S/C16H21N3/c1-2-17-11-16-8-9-18-19(16)12-13-6-7-14-4-3-5-15(14)10-13/h6-10,17H,2-5,11-12H2,1H3. The molecule has 100 valence electrons. The van der Waals surface area contributed by atoms with Gasteiger partial charge in [0.1, 0.15) is 0 Å². The molecule has 0 unspecified atom stereocenters. The number of benzene rings is 1. The number of hydrogen-bond donors (Lipinski definition) is 1. The fourth-order valence-corrected chi connectivity index (χ4v) is 2.80. The minimum Gasteiger partial charge on any atom is -0.311 e. The van der Waals surface area contributed by atoms with Crippen molar-refractivity contribution in [2.45, 2.75) is 39.3 Å². The van der Waals surface area contributed by atoms with Crippen LogP contribution in [-0.4, -0.2) is 16.3 Å². The maximum atomic E-state index is 4.43. The number of aromatic nitrogens is 2. The number of hydrogen-bond acceptors (Lipinski definition) is 2. The summed E-state index contributed by atoms with van der Waals surface area (Å²) in [5.74, 6) is 0. The molecule has 0 atom stereocenters. The van der Waals surface area contributed by atoms with Crippen molar-refractivity contribution in [3.05, 3.63) is 52.8 Å². The Bertz CT molecular complexity index is 557. The van der Waals surface area contributed by atoms with Crippen LogP contribution in [0.15, 0.2) is 30.5 Å². The van der Waals surface area contributed by atoms with Crippen molar-refractivity contribution >= 4 is 0 Å². The molecule has 1 aliphatic carbocycles. The molecule has 3 nitrogen and oxygen atoms in total. The second-order valence-electron chi connectivity index (χ2n) is 5.22. The Balaban J connectivity index is 1.76. The molecule has 0 fully saturated rings. The molecule has 1 heterocycles. The number of nitrogens with zero attached hydrogens (tertiary/aromatic N) is 2. The molecular weight excluding hydrogens is 234 g/mol. The quantitative estimate of drug-likeness (QED) is 0.889. The van der Waals surface area contributed by atoms with E-state index >= 15 is 0 Å². The van der Waals surface area contributed by atoms with Crippen LogP contribution in [0.4, 0.5) is 0 Å². The summed E-state index contributed by atoms with van der Waals surface area (Å²) in [5, 5.41) is 7.79. The van der Waals surface area contributed by atoms with Crippen LogP contribution in [0, 0.1) is 0 Å². The highest BCUT2D eigenvalue weighted by Crippen LogP contribution is 2.23. The van der Waals surface area contributed by atoms with Crippen molar-refractivity contribution in [3.8, 4) is 0 Å². The van der Waals surface area contributed by atoms with Gasteiger partial charge < -0.3 is 5.32 Å². The minimum atomic E-state index is 0.876. The smallest absolute Gasteiger partial charge is 0.0663 e. The highest BCUT2D eigenvalue weighted by atomic mass is 15.3. The van der Waals surface area contributed by atoms with Gasteiger partial charge in [0.2, 0.25) is 0 Å². The van der Waals surface area contributed by atoms with Crippen molar-refractivity contribution < 1.29 is 0 Å². The SMILES string of the molecule is CCNCc1ccnn1Cc1ccc2c(c1)CCC2. The van der Waals surface area contributed by atoms with E-state index in [9.17, 15) is 0 Å². The molecular formula is C16H21N3. The molecule has 0 saturated heterocycles. The monoisotopic (exact) mass is 255 g/mol. The highest BCUT2D eigenvalue weighted by Gasteiger charge is 2.11. The van der Waals surface area contributed by atoms with Crippen molar-refractivity contribution in [3.63, 3.8) is 0 Å². The van der Waals surface area contributed by atoms with E-state index in [2.05, 4.69) is 46.3 Å². The molecule has 3 heteroatoms. The van der Waals surface area contributed by atoms with Gasteiger partial charge >= 0.3 is 0 Å². The topological polar surface area (TPSA) is 29.9 Å². The third-order valence-corrected chi connectivity index (χ3v) is 3.86. The summed E-state index contributed by atoms with van der Waals surface area (Å²) < 4.78 is 2.10. The van der Waals surface area contributed by atoms with Gasteiger partial charge in [-0.2, -0.15) is 5.10 Å². The summed E-state index contributed by atoms with van der Waals surface area (Å²) in [6, 6.07) is 9.01. The first-order valence-electron chi connectivity index (χ1n) is 7.19. The third kappa shape index (κ3) is 2.71. The van der Waals surface area contributed by atoms with E-state index in [0.29, 0.717) is 0 Å². The van der Waals surface area contributed by atoms with E-state index in [4.69, 9.17) is 0 Å². The zero-order valence-electron chi connectivity index (χ0n) is 11.5. The van der Waals surface area contributed by atoms with Crippen LogP contribution in [0.25, 0.3) is 0 Å². The lowest BCUT2D eigenvalue weighted by molar-refractivity contribution is 0.605. The van der Waals surface area contributed by atoms with E-state index in [0.717, 1.165) is 19.6 Å². The minimum absolute atomic E-state index is 0.876. The van der Waals surface area contributed by atoms with Crippen molar-refractivity contribution in [2.75, 3.05) is 6.54 Å². The van der Waals surface area contributed by atoms with Crippen LogP contribution < -0.4 is 5.32 Å². The zero-order chi connectivity index (χ0) is 13.1. The van der Waals surface area contributed by atoms with Gasteiger partial charge in [-0.25, -0.2) is 0 Å². The molecule has 3 rings (SSSR count). The Kier molecular flexibility index (Phi) is 3.65. The van der Waals surface area contributed by atoms with Crippen LogP contribution in [0.2, 0.25) is 0 Å². The van der Waals surface area contributed by atoms with E-state index in [-0.39, 0.29) is 0 Å². The summed E-state index contributed by atoms with van der Waals surface area (Å²) in [4.78, 5) is 0. The third-order valence-electron chi connectivity index (χ3n) is 3.86. The summed E-state index contributed by atoms with van der Waals surface area (Å²) in [6.45, 7) is 4.88. The second-order valence-corrected chi connectivity index (χ2v) is 5.22. The normalized spacial score (nSPS) is 13.7. The second kappa shape index (κ2) is 5.57. The van der Waals surface area contributed by atoms with Gasteiger partial charge in [-0.15, -0.1) is 0 Å². The first-order valence-corrected chi connectivity index (χ1v) is 7.19. The van der Waals surface area contributed by atoms with Crippen LogP contribution in [0.5, 0.6) is 0 Å². The fraction of sp³-hybridized carbons (Fsp3) is 0.438. The lowest BCUT2D eigenvalue weighted by Gasteiger charge is -2.09. The zero-order valence-corrected chi connectivity index (χ0v) is 11.5. The fourth-order valence-electron chi connectivity index (χ4n) is 2.80. The summed E-state index contributed by atoms with van der Waals surface area (Å²) in [7, 11) is 0. The number of fused-ring (bicyclic) bond motifs is 1. The Hall–Kier alpha value is -1.61. The first-order chi connectivity index (χ1) is 9.36. The van der Waals surface area contributed by atoms with Crippen molar-refractivity contribution in [1.29, 1.82) is 0 Å². The lowest BCUT2D eigenvalue weighted by atomic mass is 10.1. The van der Waals surface area contributed by atoms with Crippen LogP contribution >= 0.6 is 0 Å². The van der Waals surface area contributed by atoms with Gasteiger partial charge in [0.15, 0.2) is 0 Å². The van der Waals surface area contributed by atoms with Crippen molar-refractivity contribution in [1.82, 2.24) is 15.1 Å². The van der Waals surface area contributed by atoms with Gasteiger partial charge in [0, 0.05) is 12.7 Å². The molecule has 0 spiro atoms. The molecule has 1 aromatic heterocycles. The molecule has 0 radical (unpaired) electrons. The van der Waals surface area contributed by atoms with E-state index < -0.39 is 0 Å². The van der Waals surface area contributed by atoms with Gasteiger partial charge in [0.05, 0.1) is 12.2 Å². The maximum absolute atomic E-state index is 4.43. The summed E-state index contributed by atoms with van der Waals surface area (Å²) in [6.07, 6.45) is 5.70. The Labute approximate surface area is 114 Å². The summed E-state index contributed by atoms with van der Waals surface area (Å²) >= 11 is 0. The number of rotatable bonds is 5. The molecule has 1 aliphatic rings. The van der Waals surface area contributed by atoms with E-state index in [1.54, 1.807) is 0 Å². The summed E-state index contributed by atoms with van der Waals surface area (Å²) in [5.41, 5.74) is 5.69. The molecule has 0 bridgehead atoms. The lowest BCUT2D eigenvalue weighted by Crippen LogP contribution is -2.16. The Morgan fingerprint density at radius 1 is 1.21 bits per heavy atom. The predicted octanol–water partition coefficient (Wildman–Crippen LogP) is 2.53. The molecule has 1 N–H and O–H groups in total. The molecule has 0 saturated carbocycles. The largest absolute Gasteiger partial charge is 0.311 e. The number of aryl methyl sites for hydroxylation is 2. The average Bonchev–Trinajstić information content (AvgIpc) is 3.05. The molecule has 1 aromatic carbocycles. The number of nitrogens with one attached hydrogen (secondary N) is 1.